The Hall–Kier alpha value is -1.47. The van der Waals surface area contributed by atoms with Gasteiger partial charge in [-0.15, -0.1) is 5.10 Å². The summed E-state index contributed by atoms with van der Waals surface area (Å²) in [5, 5.41) is 12.0. The first kappa shape index (κ1) is 18.6. The zero-order valence-electron chi connectivity index (χ0n) is 16.6. The fourth-order valence-corrected chi connectivity index (χ4v) is 5.57. The topological polar surface area (TPSA) is 78.3 Å². The second-order valence-electron chi connectivity index (χ2n) is 9.16. The summed E-state index contributed by atoms with van der Waals surface area (Å²) >= 11 is 0. The predicted molar refractivity (Wildman–Crippen MR) is 103 cm³/mol. The van der Waals surface area contributed by atoms with Crippen LogP contribution in [-0.2, 0) is 20.7 Å². The van der Waals surface area contributed by atoms with Gasteiger partial charge in [0, 0.05) is 12.1 Å². The number of fused-ring (bicyclic) bond motifs is 1. The van der Waals surface area contributed by atoms with Crippen molar-refractivity contribution < 1.29 is 14.3 Å². The molecule has 4 atom stereocenters. The lowest BCUT2D eigenvalue weighted by molar-refractivity contribution is -0.126. The van der Waals surface area contributed by atoms with E-state index in [9.17, 15) is 4.79 Å². The van der Waals surface area contributed by atoms with Gasteiger partial charge in [-0.2, -0.15) is 0 Å². The minimum Gasteiger partial charge on any atom is -0.371 e. The highest BCUT2D eigenvalue weighted by Gasteiger charge is 2.49. The van der Waals surface area contributed by atoms with Gasteiger partial charge >= 0.3 is 0 Å². The van der Waals surface area contributed by atoms with E-state index in [1.54, 1.807) is 0 Å². The van der Waals surface area contributed by atoms with E-state index in [0.717, 1.165) is 30.9 Å². The van der Waals surface area contributed by atoms with Crippen molar-refractivity contribution in [1.29, 1.82) is 0 Å². The number of carbonyl (C=O) groups is 1. The number of ether oxygens (including phenoxy) is 2. The molecule has 1 N–H and O–H groups in total. The maximum absolute atomic E-state index is 12.5. The third-order valence-electron chi connectivity index (χ3n) is 7.20. The molecule has 2 saturated heterocycles. The number of nitrogens with zero attached hydrogens (tertiary/aromatic N) is 3. The van der Waals surface area contributed by atoms with Crippen LogP contribution in [0.2, 0.25) is 0 Å². The predicted octanol–water partition coefficient (Wildman–Crippen LogP) is 2.41. The van der Waals surface area contributed by atoms with Crippen LogP contribution in [0, 0.1) is 11.8 Å². The second kappa shape index (κ2) is 8.11. The Labute approximate surface area is 166 Å². The normalized spacial score (nSPS) is 34.0. The molecular weight excluding hydrogens is 356 g/mol. The second-order valence-corrected chi connectivity index (χ2v) is 9.16. The number of aromatic nitrogens is 3. The zero-order valence-corrected chi connectivity index (χ0v) is 16.6. The van der Waals surface area contributed by atoms with Gasteiger partial charge in [-0.3, -0.25) is 4.79 Å². The van der Waals surface area contributed by atoms with Gasteiger partial charge in [-0.1, -0.05) is 50.2 Å². The highest BCUT2D eigenvalue weighted by molar-refractivity contribution is 5.79. The smallest absolute Gasteiger partial charge is 0.223 e. The van der Waals surface area contributed by atoms with Gasteiger partial charge < -0.3 is 14.8 Å². The molecule has 2 aliphatic carbocycles. The molecule has 0 bridgehead atoms. The number of hydrogen-bond donors (Lipinski definition) is 1. The van der Waals surface area contributed by atoms with Gasteiger partial charge in [-0.05, 0) is 25.2 Å². The fraction of sp³-hybridized carbons (Fsp3) is 0.857. The van der Waals surface area contributed by atoms with Crippen LogP contribution in [-0.4, -0.2) is 52.4 Å². The van der Waals surface area contributed by atoms with Crippen LogP contribution in [0.4, 0.5) is 0 Å². The van der Waals surface area contributed by atoms with Crippen molar-refractivity contribution in [2.45, 2.75) is 88.5 Å². The van der Waals surface area contributed by atoms with E-state index in [1.807, 2.05) is 4.68 Å². The van der Waals surface area contributed by atoms with Gasteiger partial charge in [0.25, 0.3) is 0 Å². The molecule has 0 spiro atoms. The molecule has 7 nitrogen and oxygen atoms in total. The molecule has 1 amide bonds. The molecule has 1 aromatic heterocycles. The Bertz CT molecular complexity index is 681. The van der Waals surface area contributed by atoms with Crippen molar-refractivity contribution in [3.63, 3.8) is 0 Å². The molecule has 4 aliphatic rings. The van der Waals surface area contributed by atoms with E-state index in [1.165, 1.54) is 44.9 Å². The third kappa shape index (κ3) is 3.71. The molecule has 4 unspecified atom stereocenters. The Morgan fingerprint density at radius 3 is 2.61 bits per heavy atom. The molecule has 154 valence electrons. The molecular formula is C21H32N4O3. The molecule has 1 aromatic rings. The first-order valence-corrected chi connectivity index (χ1v) is 11.2. The largest absolute Gasteiger partial charge is 0.371 e. The van der Waals surface area contributed by atoms with E-state index < -0.39 is 0 Å². The standard InChI is InChI=1S/C21H32N4O3/c26-21(15-8-4-5-9-15)22-17-12-27-20-18(13-28-19(17)20)25-11-16(23-24-25)10-14-6-2-1-3-7-14/h11,14-15,17-20H,1-10,12-13H2,(H,22,26). The van der Waals surface area contributed by atoms with Crippen molar-refractivity contribution in [2.75, 3.05) is 13.2 Å². The minimum atomic E-state index is -0.0821. The summed E-state index contributed by atoms with van der Waals surface area (Å²) in [5.41, 5.74) is 1.08. The Kier molecular flexibility index (Phi) is 5.37. The van der Waals surface area contributed by atoms with E-state index in [-0.39, 0.29) is 36.1 Å². The van der Waals surface area contributed by atoms with Crippen LogP contribution < -0.4 is 5.32 Å². The lowest BCUT2D eigenvalue weighted by Crippen LogP contribution is -2.46. The molecule has 7 heteroatoms. The lowest BCUT2D eigenvalue weighted by atomic mass is 9.86. The van der Waals surface area contributed by atoms with Crippen LogP contribution in [0.3, 0.4) is 0 Å². The van der Waals surface area contributed by atoms with E-state index in [0.29, 0.717) is 13.2 Å². The average molecular weight is 389 g/mol. The maximum Gasteiger partial charge on any atom is 0.223 e. The SMILES string of the molecule is O=C(NC1COC2C1OCC2n1cc(CC2CCCCC2)nn1)C1CCCC1. The van der Waals surface area contributed by atoms with Crippen LogP contribution in [0.15, 0.2) is 6.20 Å². The van der Waals surface area contributed by atoms with Crippen LogP contribution >= 0.6 is 0 Å². The number of rotatable bonds is 5. The molecule has 3 heterocycles. The minimum absolute atomic E-state index is 0.0472. The number of hydrogen-bond acceptors (Lipinski definition) is 5. The van der Waals surface area contributed by atoms with Crippen molar-refractivity contribution in [1.82, 2.24) is 20.3 Å². The van der Waals surface area contributed by atoms with Gasteiger partial charge in [0.2, 0.25) is 5.91 Å². The molecule has 2 saturated carbocycles. The average Bonchev–Trinajstić information content (AvgIpc) is 3.49. The van der Waals surface area contributed by atoms with E-state index >= 15 is 0 Å². The third-order valence-corrected chi connectivity index (χ3v) is 7.20. The highest BCUT2D eigenvalue weighted by atomic mass is 16.6. The van der Waals surface area contributed by atoms with Crippen molar-refractivity contribution in [3.8, 4) is 0 Å². The Morgan fingerprint density at radius 2 is 1.79 bits per heavy atom. The quantitative estimate of drug-likeness (QED) is 0.838. The van der Waals surface area contributed by atoms with Crippen molar-refractivity contribution in [3.05, 3.63) is 11.9 Å². The van der Waals surface area contributed by atoms with E-state index in [4.69, 9.17) is 9.47 Å². The summed E-state index contributed by atoms with van der Waals surface area (Å²) in [6.07, 6.45) is 14.0. The maximum atomic E-state index is 12.5. The van der Waals surface area contributed by atoms with Crippen molar-refractivity contribution >= 4 is 5.91 Å². The first-order valence-electron chi connectivity index (χ1n) is 11.2. The number of nitrogens with one attached hydrogen (secondary N) is 1. The molecule has 0 radical (unpaired) electrons. The van der Waals surface area contributed by atoms with Crippen LogP contribution in [0.1, 0.15) is 69.5 Å². The molecule has 4 fully saturated rings. The summed E-state index contributed by atoms with van der Waals surface area (Å²) in [6, 6.07) is -0.000630. The monoisotopic (exact) mass is 388 g/mol. The summed E-state index contributed by atoms with van der Waals surface area (Å²) in [7, 11) is 0. The molecule has 2 aliphatic heterocycles. The summed E-state index contributed by atoms with van der Waals surface area (Å²) < 4.78 is 14.0. The Morgan fingerprint density at radius 1 is 1.04 bits per heavy atom. The van der Waals surface area contributed by atoms with E-state index in [2.05, 4.69) is 21.8 Å². The van der Waals surface area contributed by atoms with Crippen molar-refractivity contribution in [2.24, 2.45) is 11.8 Å². The first-order chi connectivity index (χ1) is 13.8. The lowest BCUT2D eigenvalue weighted by Gasteiger charge is -2.20. The van der Waals surface area contributed by atoms with Gasteiger partial charge in [-0.25, -0.2) is 4.68 Å². The van der Waals surface area contributed by atoms with Gasteiger partial charge in [0.1, 0.15) is 18.2 Å². The zero-order chi connectivity index (χ0) is 18.9. The summed E-state index contributed by atoms with van der Waals surface area (Å²) in [4.78, 5) is 12.5. The molecule has 28 heavy (non-hydrogen) atoms. The summed E-state index contributed by atoms with van der Waals surface area (Å²) in [5.74, 6) is 1.10. The Balaban J connectivity index is 1.18. The number of amides is 1. The molecule has 0 aromatic carbocycles. The fourth-order valence-electron chi connectivity index (χ4n) is 5.57. The summed E-state index contributed by atoms with van der Waals surface area (Å²) in [6.45, 7) is 1.09. The number of carbonyl (C=O) groups excluding carboxylic acids is 1. The van der Waals surface area contributed by atoms with Crippen LogP contribution in [0.25, 0.3) is 0 Å². The van der Waals surface area contributed by atoms with Crippen LogP contribution in [0.5, 0.6) is 0 Å². The van der Waals surface area contributed by atoms with Gasteiger partial charge in [0.15, 0.2) is 0 Å². The molecule has 5 rings (SSSR count). The van der Waals surface area contributed by atoms with Gasteiger partial charge in [0.05, 0.1) is 24.9 Å². The highest BCUT2D eigenvalue weighted by Crippen LogP contribution is 2.35.